The van der Waals surface area contributed by atoms with Crippen LogP contribution in [0.5, 0.6) is 0 Å². The molecule has 0 radical (unpaired) electrons. The number of carbonyl (C=O) groups is 1. The highest BCUT2D eigenvalue weighted by atomic mass is 19.1. The first kappa shape index (κ1) is 18.2. The highest BCUT2D eigenvalue weighted by Gasteiger charge is 2.48. The van der Waals surface area contributed by atoms with Crippen molar-refractivity contribution in [3.05, 3.63) is 48.0 Å². The molecule has 4 rings (SSSR count). The minimum atomic E-state index is -0.325. The summed E-state index contributed by atoms with van der Waals surface area (Å²) in [5, 5.41) is 9.19. The molecule has 2 fully saturated rings. The van der Waals surface area contributed by atoms with Crippen LogP contribution in [0.3, 0.4) is 0 Å². The Bertz CT molecular complexity index is 819. The first-order valence-corrected chi connectivity index (χ1v) is 9.57. The van der Waals surface area contributed by atoms with E-state index in [4.69, 9.17) is 4.42 Å². The van der Waals surface area contributed by atoms with Gasteiger partial charge in [-0.1, -0.05) is 12.1 Å². The molecule has 2 saturated heterocycles. The van der Waals surface area contributed by atoms with Crippen LogP contribution >= 0.6 is 0 Å². The Morgan fingerprint density at radius 3 is 2.81 bits per heavy atom. The van der Waals surface area contributed by atoms with Gasteiger partial charge in [0.15, 0.2) is 0 Å². The maximum atomic E-state index is 13.9. The van der Waals surface area contributed by atoms with E-state index in [1.807, 2.05) is 6.07 Å². The monoisotopic (exact) mass is 372 g/mol. The standard InChI is InChI=1S/C21H25FN2O3/c22-18-5-2-1-4-17(18)19-7-6-16(27-19)14-23-11-9-21(15-23)8-3-10-24(12-13-25)20(21)26/h1-2,4-7,25H,3,8-15H2/t21-/m1/s1. The summed E-state index contributed by atoms with van der Waals surface area (Å²) in [6, 6.07) is 10.3. The van der Waals surface area contributed by atoms with E-state index in [1.54, 1.807) is 29.2 Å². The van der Waals surface area contributed by atoms with E-state index in [2.05, 4.69) is 4.90 Å². The van der Waals surface area contributed by atoms with Crippen LogP contribution in [0.2, 0.25) is 0 Å². The zero-order valence-electron chi connectivity index (χ0n) is 15.4. The summed E-state index contributed by atoms with van der Waals surface area (Å²) in [7, 11) is 0. The van der Waals surface area contributed by atoms with Gasteiger partial charge in [-0.25, -0.2) is 4.39 Å². The zero-order chi connectivity index (χ0) is 18.9. The van der Waals surface area contributed by atoms with Crippen molar-refractivity contribution in [2.45, 2.75) is 25.8 Å². The number of furan rings is 1. The number of aliphatic hydroxyl groups excluding tert-OH is 1. The maximum absolute atomic E-state index is 13.9. The fourth-order valence-corrected chi connectivity index (χ4v) is 4.45. The average Bonchev–Trinajstić information content (AvgIpc) is 3.28. The lowest BCUT2D eigenvalue weighted by molar-refractivity contribution is -0.146. The topological polar surface area (TPSA) is 56.9 Å². The molecule has 1 atom stereocenters. The van der Waals surface area contributed by atoms with Gasteiger partial charge in [0.2, 0.25) is 5.91 Å². The van der Waals surface area contributed by atoms with E-state index < -0.39 is 0 Å². The molecule has 27 heavy (non-hydrogen) atoms. The summed E-state index contributed by atoms with van der Waals surface area (Å²) < 4.78 is 19.8. The van der Waals surface area contributed by atoms with E-state index in [-0.39, 0.29) is 23.7 Å². The van der Waals surface area contributed by atoms with Crippen LogP contribution in [-0.2, 0) is 11.3 Å². The van der Waals surface area contributed by atoms with Crippen molar-refractivity contribution in [2.24, 2.45) is 5.41 Å². The van der Waals surface area contributed by atoms with Crippen LogP contribution in [0.4, 0.5) is 4.39 Å². The quantitative estimate of drug-likeness (QED) is 0.877. The Hall–Kier alpha value is -2.18. The second kappa shape index (κ2) is 7.44. The molecule has 0 bridgehead atoms. The average molecular weight is 372 g/mol. The number of halogens is 1. The molecular weight excluding hydrogens is 347 g/mol. The smallest absolute Gasteiger partial charge is 0.230 e. The van der Waals surface area contributed by atoms with E-state index in [0.717, 1.165) is 38.1 Å². The number of β-amino-alcohol motifs (C(OH)–C–C–N with tert-alkyl or cyclic N) is 1. The summed E-state index contributed by atoms with van der Waals surface area (Å²) in [5.74, 6) is 1.19. The molecule has 1 amide bonds. The molecule has 2 aromatic rings. The number of likely N-dealkylation sites (tertiary alicyclic amines) is 2. The molecule has 1 aromatic carbocycles. The van der Waals surface area contributed by atoms with Crippen molar-refractivity contribution in [3.63, 3.8) is 0 Å². The fraction of sp³-hybridized carbons (Fsp3) is 0.476. The van der Waals surface area contributed by atoms with Crippen LogP contribution in [0.1, 0.15) is 25.0 Å². The summed E-state index contributed by atoms with van der Waals surface area (Å²) in [6.45, 7) is 3.34. The number of benzene rings is 1. The maximum Gasteiger partial charge on any atom is 0.230 e. The second-order valence-corrected chi connectivity index (χ2v) is 7.61. The Morgan fingerprint density at radius 1 is 1.15 bits per heavy atom. The fourth-order valence-electron chi connectivity index (χ4n) is 4.45. The van der Waals surface area contributed by atoms with Gasteiger partial charge in [0, 0.05) is 19.6 Å². The lowest BCUT2D eigenvalue weighted by atomic mass is 9.78. The molecule has 6 heteroatoms. The number of hydrogen-bond acceptors (Lipinski definition) is 4. The van der Waals surface area contributed by atoms with Crippen molar-refractivity contribution < 1.29 is 18.7 Å². The summed E-state index contributed by atoms with van der Waals surface area (Å²) in [5.41, 5.74) is 0.137. The van der Waals surface area contributed by atoms with Gasteiger partial charge in [0.1, 0.15) is 17.3 Å². The Labute approximate surface area is 158 Å². The molecule has 3 heterocycles. The lowest BCUT2D eigenvalue weighted by Gasteiger charge is -2.39. The first-order chi connectivity index (χ1) is 13.1. The molecule has 1 aromatic heterocycles. The zero-order valence-corrected chi connectivity index (χ0v) is 15.4. The van der Waals surface area contributed by atoms with Crippen LogP contribution in [0, 0.1) is 11.2 Å². The molecule has 2 aliphatic heterocycles. The highest BCUT2D eigenvalue weighted by molar-refractivity contribution is 5.84. The van der Waals surface area contributed by atoms with E-state index in [9.17, 15) is 14.3 Å². The third-order valence-electron chi connectivity index (χ3n) is 5.81. The molecule has 1 N–H and O–H groups in total. The third-order valence-corrected chi connectivity index (χ3v) is 5.81. The largest absolute Gasteiger partial charge is 0.460 e. The second-order valence-electron chi connectivity index (χ2n) is 7.61. The number of amides is 1. The number of hydrogen-bond donors (Lipinski definition) is 1. The van der Waals surface area contributed by atoms with Crippen LogP contribution in [0.25, 0.3) is 11.3 Å². The van der Waals surface area contributed by atoms with E-state index in [0.29, 0.717) is 31.0 Å². The van der Waals surface area contributed by atoms with Crippen LogP contribution in [0.15, 0.2) is 40.8 Å². The lowest BCUT2D eigenvalue weighted by Crippen LogP contribution is -2.50. The Kier molecular flexibility index (Phi) is 5.02. The summed E-state index contributed by atoms with van der Waals surface area (Å²) >= 11 is 0. The van der Waals surface area contributed by atoms with Crippen molar-refractivity contribution in [1.29, 1.82) is 0 Å². The van der Waals surface area contributed by atoms with Crippen molar-refractivity contribution in [2.75, 3.05) is 32.8 Å². The number of aliphatic hydroxyl groups is 1. The molecule has 0 saturated carbocycles. The minimum Gasteiger partial charge on any atom is -0.460 e. The molecule has 1 spiro atoms. The number of carbonyl (C=O) groups excluding carboxylic acids is 1. The van der Waals surface area contributed by atoms with Crippen molar-refractivity contribution in [3.8, 4) is 11.3 Å². The predicted molar refractivity (Wildman–Crippen MR) is 99.3 cm³/mol. The highest BCUT2D eigenvalue weighted by Crippen LogP contribution is 2.40. The molecule has 2 aliphatic rings. The number of piperidine rings is 1. The Balaban J connectivity index is 1.43. The normalized spacial score (nSPS) is 23.5. The van der Waals surface area contributed by atoms with Gasteiger partial charge in [-0.05, 0) is 50.1 Å². The minimum absolute atomic E-state index is 0.0107. The first-order valence-electron chi connectivity index (χ1n) is 9.57. The van der Waals surface area contributed by atoms with Gasteiger partial charge < -0.3 is 14.4 Å². The van der Waals surface area contributed by atoms with Crippen molar-refractivity contribution >= 4 is 5.91 Å². The van der Waals surface area contributed by atoms with Gasteiger partial charge in [-0.15, -0.1) is 0 Å². The third kappa shape index (κ3) is 3.51. The van der Waals surface area contributed by atoms with Gasteiger partial charge in [0.05, 0.1) is 24.1 Å². The summed E-state index contributed by atoms with van der Waals surface area (Å²) in [4.78, 5) is 16.9. The van der Waals surface area contributed by atoms with Gasteiger partial charge in [-0.3, -0.25) is 9.69 Å². The van der Waals surface area contributed by atoms with Crippen molar-refractivity contribution in [1.82, 2.24) is 9.80 Å². The molecule has 0 aliphatic carbocycles. The molecule has 5 nitrogen and oxygen atoms in total. The van der Waals surface area contributed by atoms with Crippen LogP contribution < -0.4 is 0 Å². The van der Waals surface area contributed by atoms with Gasteiger partial charge in [0.25, 0.3) is 0 Å². The molecule has 144 valence electrons. The SMILES string of the molecule is O=C1N(CCO)CCC[C@]12CCN(Cc1ccc(-c3ccccc3F)o1)C2. The summed E-state index contributed by atoms with van der Waals surface area (Å²) in [6.07, 6.45) is 2.73. The molecular formula is C21H25FN2O3. The van der Waals surface area contributed by atoms with Crippen LogP contribution in [-0.4, -0.2) is 53.6 Å². The Morgan fingerprint density at radius 2 is 2.00 bits per heavy atom. The van der Waals surface area contributed by atoms with E-state index in [1.165, 1.54) is 6.07 Å². The number of rotatable bonds is 5. The molecule has 0 unspecified atom stereocenters. The van der Waals surface area contributed by atoms with Gasteiger partial charge >= 0.3 is 0 Å². The van der Waals surface area contributed by atoms with E-state index >= 15 is 0 Å². The van der Waals surface area contributed by atoms with Gasteiger partial charge in [-0.2, -0.15) is 0 Å². The number of nitrogens with zero attached hydrogens (tertiary/aromatic N) is 2. The predicted octanol–water partition coefficient (Wildman–Crippen LogP) is 2.89.